The monoisotopic (exact) mass is 379 g/mol. The Hall–Kier alpha value is -3.15. The van der Waals surface area contributed by atoms with Crippen molar-refractivity contribution in [1.29, 1.82) is 0 Å². The molecule has 0 aliphatic heterocycles. The number of nitrogens with one attached hydrogen (secondary N) is 1. The van der Waals surface area contributed by atoms with Gasteiger partial charge < -0.3 is 14.5 Å². The van der Waals surface area contributed by atoms with Crippen molar-refractivity contribution in [3.05, 3.63) is 66.1 Å². The highest BCUT2D eigenvalue weighted by atomic mass is 16.5. The van der Waals surface area contributed by atoms with Gasteiger partial charge in [0, 0.05) is 18.4 Å². The summed E-state index contributed by atoms with van der Waals surface area (Å²) in [7, 11) is 0. The van der Waals surface area contributed by atoms with Crippen molar-refractivity contribution < 1.29 is 13.9 Å². The zero-order valence-electron chi connectivity index (χ0n) is 16.4. The lowest BCUT2D eigenvalue weighted by atomic mass is 10.1. The van der Waals surface area contributed by atoms with Gasteiger partial charge in [-0.1, -0.05) is 30.3 Å². The molecule has 6 heteroatoms. The van der Waals surface area contributed by atoms with Gasteiger partial charge in [-0.2, -0.15) is 0 Å². The minimum atomic E-state index is -0.120. The van der Waals surface area contributed by atoms with E-state index in [1.54, 1.807) is 0 Å². The summed E-state index contributed by atoms with van der Waals surface area (Å²) in [5.74, 6) is 1.65. The Kier molecular flexibility index (Phi) is 6.42. The second-order valence-corrected chi connectivity index (χ2v) is 6.90. The standard InChI is InChI=1S/C22H25N3O3/c1-15(2)27-19-11-7-10-18(14-19)16(3)23-20(26)12-13-21-24-25-22(28-21)17-8-5-4-6-9-17/h4-11,14-16H,12-13H2,1-3H3,(H,23,26). The van der Waals surface area contributed by atoms with Crippen LogP contribution < -0.4 is 10.1 Å². The van der Waals surface area contributed by atoms with E-state index < -0.39 is 0 Å². The van der Waals surface area contributed by atoms with Crippen LogP contribution in [0.5, 0.6) is 5.75 Å². The zero-order chi connectivity index (χ0) is 19.9. The molecule has 2 aromatic carbocycles. The Bertz CT molecular complexity index is 906. The SMILES string of the molecule is CC(C)Oc1cccc(C(C)NC(=O)CCc2nnc(-c3ccccc3)o2)c1. The number of aromatic nitrogens is 2. The molecular formula is C22H25N3O3. The normalized spacial score (nSPS) is 12.0. The van der Waals surface area contributed by atoms with Gasteiger partial charge in [-0.15, -0.1) is 10.2 Å². The number of benzene rings is 2. The molecule has 1 N–H and O–H groups in total. The summed E-state index contributed by atoms with van der Waals surface area (Å²) in [5.41, 5.74) is 1.86. The minimum Gasteiger partial charge on any atom is -0.491 e. The van der Waals surface area contributed by atoms with Gasteiger partial charge >= 0.3 is 0 Å². The average molecular weight is 379 g/mol. The molecule has 28 heavy (non-hydrogen) atoms. The number of ether oxygens (including phenoxy) is 1. The van der Waals surface area contributed by atoms with Crippen molar-refractivity contribution in [2.24, 2.45) is 0 Å². The number of rotatable bonds is 8. The summed E-state index contributed by atoms with van der Waals surface area (Å²) in [6, 6.07) is 17.2. The summed E-state index contributed by atoms with van der Waals surface area (Å²) >= 11 is 0. The Labute approximate surface area is 164 Å². The van der Waals surface area contributed by atoms with E-state index in [0.717, 1.165) is 16.9 Å². The molecule has 146 valence electrons. The molecule has 1 heterocycles. The summed E-state index contributed by atoms with van der Waals surface area (Å²) in [5, 5.41) is 11.1. The maximum Gasteiger partial charge on any atom is 0.247 e. The van der Waals surface area contributed by atoms with Crippen molar-refractivity contribution in [3.63, 3.8) is 0 Å². The number of carbonyl (C=O) groups excluding carboxylic acids is 1. The topological polar surface area (TPSA) is 77.2 Å². The number of amides is 1. The van der Waals surface area contributed by atoms with Gasteiger partial charge in [0.15, 0.2) is 0 Å². The van der Waals surface area contributed by atoms with Gasteiger partial charge in [0.1, 0.15) is 5.75 Å². The summed E-state index contributed by atoms with van der Waals surface area (Å²) in [6.45, 7) is 5.92. The molecule has 0 saturated carbocycles. The van der Waals surface area contributed by atoms with Crippen LogP contribution in [0.15, 0.2) is 59.0 Å². The zero-order valence-corrected chi connectivity index (χ0v) is 16.4. The molecule has 1 unspecified atom stereocenters. The molecule has 0 aliphatic carbocycles. The van der Waals surface area contributed by atoms with Gasteiger partial charge in [0.05, 0.1) is 12.1 Å². The number of hydrogen-bond donors (Lipinski definition) is 1. The number of carbonyl (C=O) groups is 1. The second-order valence-electron chi connectivity index (χ2n) is 6.90. The third-order valence-electron chi connectivity index (χ3n) is 4.16. The van der Waals surface area contributed by atoms with Crippen LogP contribution in [0.1, 0.15) is 44.7 Å². The number of nitrogens with zero attached hydrogens (tertiary/aromatic N) is 2. The molecule has 1 amide bonds. The van der Waals surface area contributed by atoms with Crippen molar-refractivity contribution in [2.45, 2.75) is 45.8 Å². The maximum atomic E-state index is 12.3. The van der Waals surface area contributed by atoms with Crippen molar-refractivity contribution in [1.82, 2.24) is 15.5 Å². The van der Waals surface area contributed by atoms with Crippen molar-refractivity contribution in [2.75, 3.05) is 0 Å². The third-order valence-corrected chi connectivity index (χ3v) is 4.16. The largest absolute Gasteiger partial charge is 0.491 e. The van der Waals surface area contributed by atoms with Gasteiger partial charge in [0.25, 0.3) is 0 Å². The molecule has 6 nitrogen and oxygen atoms in total. The third kappa shape index (κ3) is 5.42. The molecule has 1 aromatic heterocycles. The fourth-order valence-electron chi connectivity index (χ4n) is 2.80. The van der Waals surface area contributed by atoms with E-state index in [1.165, 1.54) is 0 Å². The highest BCUT2D eigenvalue weighted by molar-refractivity contribution is 5.76. The molecule has 0 aliphatic rings. The van der Waals surface area contributed by atoms with Crippen LogP contribution in [0.2, 0.25) is 0 Å². The molecular weight excluding hydrogens is 354 g/mol. The second kappa shape index (κ2) is 9.17. The van der Waals surface area contributed by atoms with E-state index in [4.69, 9.17) is 9.15 Å². The highest BCUT2D eigenvalue weighted by Gasteiger charge is 2.13. The van der Waals surface area contributed by atoms with Crippen LogP contribution in [-0.2, 0) is 11.2 Å². The van der Waals surface area contributed by atoms with Gasteiger partial charge in [-0.3, -0.25) is 4.79 Å². The van der Waals surface area contributed by atoms with E-state index in [-0.39, 0.29) is 24.5 Å². The lowest BCUT2D eigenvalue weighted by molar-refractivity contribution is -0.121. The lowest BCUT2D eigenvalue weighted by Gasteiger charge is -2.16. The molecule has 0 saturated heterocycles. The van der Waals surface area contributed by atoms with Crippen LogP contribution >= 0.6 is 0 Å². The Morgan fingerprint density at radius 1 is 1.07 bits per heavy atom. The molecule has 3 rings (SSSR count). The lowest BCUT2D eigenvalue weighted by Crippen LogP contribution is -2.26. The Balaban J connectivity index is 1.52. The van der Waals surface area contributed by atoms with Crippen LogP contribution in [-0.4, -0.2) is 22.2 Å². The first-order valence-electron chi connectivity index (χ1n) is 9.45. The molecule has 0 radical (unpaired) electrons. The molecule has 1 atom stereocenters. The van der Waals surface area contributed by atoms with Gasteiger partial charge in [-0.05, 0) is 50.6 Å². The van der Waals surface area contributed by atoms with Crippen LogP contribution in [0.4, 0.5) is 0 Å². The first-order valence-corrected chi connectivity index (χ1v) is 9.45. The molecule has 0 bridgehead atoms. The number of hydrogen-bond acceptors (Lipinski definition) is 5. The van der Waals surface area contributed by atoms with E-state index >= 15 is 0 Å². The summed E-state index contributed by atoms with van der Waals surface area (Å²) < 4.78 is 11.4. The van der Waals surface area contributed by atoms with E-state index in [9.17, 15) is 4.79 Å². The summed E-state index contributed by atoms with van der Waals surface area (Å²) in [6.07, 6.45) is 0.785. The van der Waals surface area contributed by atoms with Gasteiger partial charge in [-0.25, -0.2) is 0 Å². The molecule has 0 spiro atoms. The predicted octanol–water partition coefficient (Wildman–Crippen LogP) is 4.33. The first kappa shape index (κ1) is 19.6. The van der Waals surface area contributed by atoms with Crippen LogP contribution in [0.25, 0.3) is 11.5 Å². The highest BCUT2D eigenvalue weighted by Crippen LogP contribution is 2.21. The smallest absolute Gasteiger partial charge is 0.247 e. The van der Waals surface area contributed by atoms with Crippen molar-refractivity contribution >= 4 is 5.91 Å². The quantitative estimate of drug-likeness (QED) is 0.630. The van der Waals surface area contributed by atoms with E-state index in [1.807, 2.05) is 75.4 Å². The Morgan fingerprint density at radius 3 is 2.61 bits per heavy atom. The average Bonchev–Trinajstić information content (AvgIpc) is 3.16. The minimum absolute atomic E-state index is 0.0675. The Morgan fingerprint density at radius 2 is 1.86 bits per heavy atom. The first-order chi connectivity index (χ1) is 13.5. The molecule has 0 fully saturated rings. The fourth-order valence-corrected chi connectivity index (χ4v) is 2.80. The van der Waals surface area contributed by atoms with E-state index in [2.05, 4.69) is 15.5 Å². The summed E-state index contributed by atoms with van der Waals surface area (Å²) in [4.78, 5) is 12.3. The predicted molar refractivity (Wildman–Crippen MR) is 107 cm³/mol. The fraction of sp³-hybridized carbons (Fsp3) is 0.318. The maximum absolute atomic E-state index is 12.3. The van der Waals surface area contributed by atoms with Crippen molar-refractivity contribution in [3.8, 4) is 17.2 Å². The molecule has 3 aromatic rings. The van der Waals surface area contributed by atoms with E-state index in [0.29, 0.717) is 18.2 Å². The van der Waals surface area contributed by atoms with Gasteiger partial charge in [0.2, 0.25) is 17.7 Å². The van der Waals surface area contributed by atoms with Crippen LogP contribution in [0.3, 0.4) is 0 Å². The number of aryl methyl sites for hydroxylation is 1. The van der Waals surface area contributed by atoms with Crippen LogP contribution in [0, 0.1) is 0 Å².